The summed E-state index contributed by atoms with van der Waals surface area (Å²) in [5, 5.41) is 14.1. The van der Waals surface area contributed by atoms with Gasteiger partial charge >= 0.3 is 6.18 Å². The number of fused-ring (bicyclic) bond motifs is 3. The smallest absolute Gasteiger partial charge is 0.338 e. The predicted molar refractivity (Wildman–Crippen MR) is 76.1 cm³/mol. The largest absolute Gasteiger partial charge is 0.416 e. The second kappa shape index (κ2) is 5.23. The van der Waals surface area contributed by atoms with E-state index in [0.717, 1.165) is 6.07 Å². The number of tetrazole rings is 1. The standard InChI is InChI=1S/C13H11F4N7/c14-9-6-7(13(15,16)17)5-8-10(9)19-12(23-3-1-18-2-4-23)24-11(8)20-21-22-24/h5-6,18H,1-4H2. The molecule has 0 spiro atoms. The molecule has 1 aliphatic rings. The van der Waals surface area contributed by atoms with E-state index in [0.29, 0.717) is 38.2 Å². The summed E-state index contributed by atoms with van der Waals surface area (Å²) in [4.78, 5) is 6.06. The highest BCUT2D eigenvalue weighted by Crippen LogP contribution is 2.34. The summed E-state index contributed by atoms with van der Waals surface area (Å²) in [7, 11) is 0. The molecule has 0 bridgehead atoms. The topological polar surface area (TPSA) is 71.2 Å². The molecule has 0 unspecified atom stereocenters. The second-order valence-electron chi connectivity index (χ2n) is 5.42. The molecule has 7 nitrogen and oxygen atoms in total. The number of alkyl halides is 3. The zero-order valence-electron chi connectivity index (χ0n) is 12.2. The first-order valence-corrected chi connectivity index (χ1v) is 7.19. The molecule has 3 heterocycles. The van der Waals surface area contributed by atoms with E-state index >= 15 is 0 Å². The van der Waals surface area contributed by atoms with Gasteiger partial charge in [-0.3, -0.25) is 0 Å². The van der Waals surface area contributed by atoms with Gasteiger partial charge in [-0.25, -0.2) is 9.37 Å². The second-order valence-corrected chi connectivity index (χ2v) is 5.42. The van der Waals surface area contributed by atoms with Crippen molar-refractivity contribution >= 4 is 22.5 Å². The van der Waals surface area contributed by atoms with Crippen LogP contribution in [0.5, 0.6) is 0 Å². The molecule has 1 fully saturated rings. The van der Waals surface area contributed by atoms with Crippen LogP contribution < -0.4 is 10.2 Å². The molecule has 126 valence electrons. The lowest BCUT2D eigenvalue weighted by Crippen LogP contribution is -2.44. The average molecular weight is 341 g/mol. The van der Waals surface area contributed by atoms with Crippen molar-refractivity contribution in [1.82, 2.24) is 30.3 Å². The van der Waals surface area contributed by atoms with Gasteiger partial charge in [-0.05, 0) is 22.6 Å². The summed E-state index contributed by atoms with van der Waals surface area (Å²) in [5.41, 5.74) is -1.24. The monoisotopic (exact) mass is 341 g/mol. The van der Waals surface area contributed by atoms with Crippen LogP contribution in [0.2, 0.25) is 0 Å². The van der Waals surface area contributed by atoms with Crippen LogP contribution in [-0.2, 0) is 6.18 Å². The summed E-state index contributed by atoms with van der Waals surface area (Å²) in [6.07, 6.45) is -4.67. The lowest BCUT2D eigenvalue weighted by Gasteiger charge is -2.28. The van der Waals surface area contributed by atoms with E-state index in [-0.39, 0.29) is 16.6 Å². The fourth-order valence-corrected chi connectivity index (χ4v) is 2.75. The molecule has 2 aromatic heterocycles. The van der Waals surface area contributed by atoms with Gasteiger partial charge in [-0.2, -0.15) is 17.7 Å². The summed E-state index contributed by atoms with van der Waals surface area (Å²) >= 11 is 0. The molecular formula is C13H11F4N7. The minimum atomic E-state index is -4.67. The maximum Gasteiger partial charge on any atom is 0.416 e. The van der Waals surface area contributed by atoms with Crippen LogP contribution in [0, 0.1) is 5.82 Å². The van der Waals surface area contributed by atoms with E-state index in [1.165, 1.54) is 4.52 Å². The van der Waals surface area contributed by atoms with Gasteiger partial charge in [0.1, 0.15) is 11.3 Å². The van der Waals surface area contributed by atoms with E-state index in [2.05, 4.69) is 25.8 Å². The first kappa shape index (κ1) is 15.0. The van der Waals surface area contributed by atoms with Crippen molar-refractivity contribution in [3.63, 3.8) is 0 Å². The summed E-state index contributed by atoms with van der Waals surface area (Å²) in [5.74, 6) is -0.746. The van der Waals surface area contributed by atoms with Crippen LogP contribution in [0.3, 0.4) is 0 Å². The number of piperazine rings is 1. The van der Waals surface area contributed by atoms with Crippen molar-refractivity contribution in [2.24, 2.45) is 0 Å². The number of hydrogen-bond acceptors (Lipinski definition) is 6. The number of aromatic nitrogens is 5. The molecule has 0 atom stereocenters. The van der Waals surface area contributed by atoms with Gasteiger partial charge in [0, 0.05) is 26.2 Å². The van der Waals surface area contributed by atoms with E-state index in [1.807, 2.05) is 4.90 Å². The Balaban J connectivity index is 2.00. The number of nitrogens with one attached hydrogen (secondary N) is 1. The number of benzene rings is 1. The van der Waals surface area contributed by atoms with Gasteiger partial charge in [0.25, 0.3) is 0 Å². The van der Waals surface area contributed by atoms with Gasteiger partial charge in [-0.1, -0.05) is 0 Å². The number of rotatable bonds is 1. The zero-order chi connectivity index (χ0) is 16.9. The molecule has 1 saturated heterocycles. The Morgan fingerprint density at radius 3 is 2.58 bits per heavy atom. The summed E-state index contributed by atoms with van der Waals surface area (Å²) in [6, 6.07) is 1.26. The molecule has 1 aromatic carbocycles. The predicted octanol–water partition coefficient (Wildman–Crippen LogP) is 1.24. The highest BCUT2D eigenvalue weighted by atomic mass is 19.4. The molecule has 3 aromatic rings. The summed E-state index contributed by atoms with van der Waals surface area (Å²) in [6.45, 7) is 2.63. The van der Waals surface area contributed by atoms with Crippen LogP contribution in [0.1, 0.15) is 5.56 Å². The lowest BCUT2D eigenvalue weighted by atomic mass is 10.1. The molecule has 24 heavy (non-hydrogen) atoms. The van der Waals surface area contributed by atoms with Gasteiger partial charge in [-0.15, -0.1) is 5.10 Å². The Morgan fingerprint density at radius 2 is 1.88 bits per heavy atom. The first-order valence-electron chi connectivity index (χ1n) is 7.19. The Morgan fingerprint density at radius 1 is 1.12 bits per heavy atom. The molecule has 11 heteroatoms. The lowest BCUT2D eigenvalue weighted by molar-refractivity contribution is -0.137. The molecule has 0 aliphatic carbocycles. The van der Waals surface area contributed by atoms with Crippen molar-refractivity contribution < 1.29 is 17.6 Å². The van der Waals surface area contributed by atoms with Crippen LogP contribution >= 0.6 is 0 Å². The van der Waals surface area contributed by atoms with E-state index in [9.17, 15) is 17.6 Å². The van der Waals surface area contributed by atoms with Crippen LogP contribution in [0.25, 0.3) is 16.6 Å². The molecule has 1 aliphatic heterocycles. The van der Waals surface area contributed by atoms with Crippen LogP contribution in [-0.4, -0.2) is 51.2 Å². The zero-order valence-corrected chi connectivity index (χ0v) is 12.2. The molecular weight excluding hydrogens is 330 g/mol. The van der Waals surface area contributed by atoms with Crippen LogP contribution in [0.4, 0.5) is 23.5 Å². The van der Waals surface area contributed by atoms with Gasteiger partial charge in [0.2, 0.25) is 5.95 Å². The average Bonchev–Trinajstić information content (AvgIpc) is 3.04. The number of anilines is 1. The highest BCUT2D eigenvalue weighted by Gasteiger charge is 2.32. The van der Waals surface area contributed by atoms with Crippen molar-refractivity contribution in [3.8, 4) is 0 Å². The molecule has 1 N–H and O–H groups in total. The first-order chi connectivity index (χ1) is 11.4. The molecule has 4 rings (SSSR count). The quantitative estimate of drug-likeness (QED) is 0.672. The normalized spacial score (nSPS) is 16.2. The number of nitrogens with zero attached hydrogens (tertiary/aromatic N) is 6. The fraction of sp³-hybridized carbons (Fsp3) is 0.385. The Hall–Kier alpha value is -2.56. The number of halogens is 4. The molecule has 0 amide bonds. The number of hydrogen-bond donors (Lipinski definition) is 1. The minimum Gasteiger partial charge on any atom is -0.338 e. The van der Waals surface area contributed by atoms with Gasteiger partial charge in [0.15, 0.2) is 5.65 Å². The van der Waals surface area contributed by atoms with Crippen molar-refractivity contribution in [2.75, 3.05) is 31.1 Å². The SMILES string of the molecule is Fc1cc(C(F)(F)F)cc2c1nc(N1CCNCC1)n1nnnc21. The van der Waals surface area contributed by atoms with E-state index in [1.54, 1.807) is 0 Å². The van der Waals surface area contributed by atoms with E-state index < -0.39 is 17.6 Å². The molecule has 0 saturated carbocycles. The van der Waals surface area contributed by atoms with E-state index in [4.69, 9.17) is 0 Å². The van der Waals surface area contributed by atoms with Crippen molar-refractivity contribution in [3.05, 3.63) is 23.5 Å². The third kappa shape index (κ3) is 2.31. The molecule has 0 radical (unpaired) electrons. The summed E-state index contributed by atoms with van der Waals surface area (Å²) < 4.78 is 54.3. The third-order valence-corrected chi connectivity index (χ3v) is 3.90. The van der Waals surface area contributed by atoms with Crippen molar-refractivity contribution in [1.29, 1.82) is 0 Å². The fourth-order valence-electron chi connectivity index (χ4n) is 2.75. The Labute approximate surface area is 132 Å². The van der Waals surface area contributed by atoms with Gasteiger partial charge in [0.05, 0.1) is 10.9 Å². The van der Waals surface area contributed by atoms with Gasteiger partial charge < -0.3 is 10.2 Å². The maximum atomic E-state index is 14.3. The third-order valence-electron chi connectivity index (χ3n) is 3.90. The highest BCUT2D eigenvalue weighted by molar-refractivity contribution is 5.93. The van der Waals surface area contributed by atoms with Crippen LogP contribution in [0.15, 0.2) is 12.1 Å². The maximum absolute atomic E-state index is 14.3. The minimum absolute atomic E-state index is 0.0403. The van der Waals surface area contributed by atoms with Crippen molar-refractivity contribution in [2.45, 2.75) is 6.18 Å². The Bertz CT molecular complexity index is 914. The Kier molecular flexibility index (Phi) is 3.27.